The number of rotatable bonds is 4. The summed E-state index contributed by atoms with van der Waals surface area (Å²) in [7, 11) is 3.04. The molecule has 4 atom stereocenters. The number of phenolic OH excluding ortho intramolecular Hbond substituents is 1. The van der Waals surface area contributed by atoms with E-state index < -0.39 is 69.9 Å². The van der Waals surface area contributed by atoms with E-state index in [9.17, 15) is 39.6 Å². The first-order valence-corrected chi connectivity index (χ1v) is 11.2. The van der Waals surface area contributed by atoms with Gasteiger partial charge in [-0.3, -0.25) is 24.6 Å². The molecule has 194 valence electrons. The van der Waals surface area contributed by atoms with Gasteiger partial charge in [0.1, 0.15) is 22.8 Å². The predicted molar refractivity (Wildman–Crippen MR) is 128 cm³/mol. The van der Waals surface area contributed by atoms with E-state index in [1.807, 2.05) is 0 Å². The molecule has 3 aliphatic rings. The zero-order valence-electron chi connectivity index (χ0n) is 19.9. The summed E-state index contributed by atoms with van der Waals surface area (Å²) in [6.45, 7) is -0.316. The van der Waals surface area contributed by atoms with Crippen molar-refractivity contribution in [3.63, 3.8) is 0 Å². The quantitative estimate of drug-likeness (QED) is 0.184. The van der Waals surface area contributed by atoms with Crippen molar-refractivity contribution in [3.8, 4) is 18.1 Å². The summed E-state index contributed by atoms with van der Waals surface area (Å²) < 4.78 is 4.71. The number of nitrogens with zero attached hydrogens (tertiary/aromatic N) is 1. The van der Waals surface area contributed by atoms with Crippen LogP contribution in [-0.4, -0.2) is 81.2 Å². The van der Waals surface area contributed by atoms with Gasteiger partial charge in [-0.05, 0) is 44.5 Å². The maximum Gasteiger partial charge on any atom is 0.412 e. The van der Waals surface area contributed by atoms with Gasteiger partial charge >= 0.3 is 6.09 Å². The molecule has 0 aliphatic heterocycles. The van der Waals surface area contributed by atoms with Crippen molar-refractivity contribution in [2.45, 2.75) is 24.5 Å². The summed E-state index contributed by atoms with van der Waals surface area (Å²) in [5, 5.41) is 46.6. The highest BCUT2D eigenvalue weighted by molar-refractivity contribution is 6.24. The molecule has 1 aromatic rings. The molecular formula is C25H25N3O9. The van der Waals surface area contributed by atoms with Gasteiger partial charge in [0, 0.05) is 11.5 Å². The Balaban J connectivity index is 1.85. The number of ether oxygens (including phenoxy) is 1. The Morgan fingerprint density at radius 3 is 2.54 bits per heavy atom. The molecule has 0 aromatic heterocycles. The van der Waals surface area contributed by atoms with Gasteiger partial charge in [-0.25, -0.2) is 4.79 Å². The number of amides is 2. The number of hydrogen-bond acceptors (Lipinski definition) is 10. The fourth-order valence-corrected chi connectivity index (χ4v) is 5.57. The number of aliphatic hydroxyl groups is 3. The number of likely N-dealkylation sites (N-methyl/N-ethyl adjacent to an activating group) is 1. The van der Waals surface area contributed by atoms with Crippen LogP contribution in [0, 0.1) is 24.2 Å². The standard InChI is InChI=1S/C25H25N3O9/c1-4-7-37-24(35)27-13-6-5-10-8-11-9-12-17(28(2)3)20(31)16(23(26)34)22(33)25(12,36)21(32)15(11)19(30)14(10)18(13)29/h1,5-6,11-12,17,29-30,33,36H,7-9H2,2-3H3,(H2,26,34)(H,27,35)/t11-,12-,17-,25-/m1/s1. The number of hydrogen-bond donors (Lipinski definition) is 6. The number of benzene rings is 1. The van der Waals surface area contributed by atoms with Crippen molar-refractivity contribution in [2.75, 3.05) is 26.0 Å². The maximum atomic E-state index is 13.7. The molecule has 12 nitrogen and oxygen atoms in total. The van der Waals surface area contributed by atoms with Crippen LogP contribution >= 0.6 is 0 Å². The molecule has 0 spiro atoms. The summed E-state index contributed by atoms with van der Waals surface area (Å²) in [4.78, 5) is 52.1. The van der Waals surface area contributed by atoms with E-state index in [1.54, 1.807) is 0 Å². The summed E-state index contributed by atoms with van der Waals surface area (Å²) in [5.41, 5.74) is 1.52. The normalized spacial score (nSPS) is 26.7. The van der Waals surface area contributed by atoms with Gasteiger partial charge in [0.2, 0.25) is 5.78 Å². The van der Waals surface area contributed by atoms with Crippen LogP contribution < -0.4 is 11.1 Å². The molecule has 0 bridgehead atoms. The highest BCUT2D eigenvalue weighted by Gasteiger charge is 2.64. The molecule has 37 heavy (non-hydrogen) atoms. The number of phenols is 1. The number of primary amides is 1. The minimum absolute atomic E-state index is 0.0229. The van der Waals surface area contributed by atoms with Gasteiger partial charge in [-0.15, -0.1) is 6.42 Å². The predicted octanol–water partition coefficient (Wildman–Crippen LogP) is 0.146. The Morgan fingerprint density at radius 1 is 1.27 bits per heavy atom. The Hall–Kier alpha value is -4.34. The third kappa shape index (κ3) is 3.71. The van der Waals surface area contributed by atoms with E-state index in [0.717, 1.165) is 0 Å². The van der Waals surface area contributed by atoms with E-state index >= 15 is 0 Å². The van der Waals surface area contributed by atoms with Crippen molar-refractivity contribution >= 4 is 35.0 Å². The lowest BCUT2D eigenvalue weighted by atomic mass is 9.57. The molecule has 0 saturated heterocycles. The maximum absolute atomic E-state index is 13.7. The molecule has 3 aliphatic carbocycles. The third-order valence-electron chi connectivity index (χ3n) is 7.12. The van der Waals surface area contributed by atoms with Crippen LogP contribution in [0.2, 0.25) is 0 Å². The average molecular weight is 511 g/mol. The molecule has 1 saturated carbocycles. The van der Waals surface area contributed by atoms with Crippen LogP contribution in [0.15, 0.2) is 29.0 Å². The number of aromatic hydroxyl groups is 1. The number of nitrogens with one attached hydrogen (secondary N) is 1. The number of Topliss-reactive ketones (excluding diaryl/α,β-unsaturated/α-hetero) is 2. The molecule has 1 aromatic carbocycles. The van der Waals surface area contributed by atoms with Crippen LogP contribution in [0.4, 0.5) is 10.5 Å². The molecule has 0 unspecified atom stereocenters. The number of nitrogens with two attached hydrogens (primary N) is 1. The van der Waals surface area contributed by atoms with Gasteiger partial charge in [0.05, 0.1) is 17.3 Å². The summed E-state index contributed by atoms with van der Waals surface area (Å²) in [5.74, 6) is -5.41. The molecule has 7 N–H and O–H groups in total. The molecule has 0 heterocycles. The van der Waals surface area contributed by atoms with Crippen molar-refractivity contribution in [1.29, 1.82) is 0 Å². The number of anilines is 1. The number of fused-ring (bicyclic) bond motifs is 3. The van der Waals surface area contributed by atoms with Crippen LogP contribution in [0.25, 0.3) is 5.76 Å². The molecule has 0 radical (unpaired) electrons. The fraction of sp³-hybridized carbons (Fsp3) is 0.360. The highest BCUT2D eigenvalue weighted by atomic mass is 16.5. The average Bonchev–Trinajstić information content (AvgIpc) is 2.81. The lowest BCUT2D eigenvalue weighted by molar-refractivity contribution is -0.153. The summed E-state index contributed by atoms with van der Waals surface area (Å²) in [6, 6.07) is 1.75. The van der Waals surface area contributed by atoms with Crippen molar-refractivity contribution in [3.05, 3.63) is 40.2 Å². The minimum Gasteiger partial charge on any atom is -0.508 e. The zero-order valence-corrected chi connectivity index (χ0v) is 19.9. The van der Waals surface area contributed by atoms with Gasteiger partial charge < -0.3 is 30.9 Å². The van der Waals surface area contributed by atoms with E-state index in [1.165, 1.54) is 31.1 Å². The Labute approximate surface area is 211 Å². The lowest BCUT2D eigenvalue weighted by Gasteiger charge is -2.50. The largest absolute Gasteiger partial charge is 0.508 e. The monoisotopic (exact) mass is 511 g/mol. The van der Waals surface area contributed by atoms with Crippen LogP contribution in [0.1, 0.15) is 17.5 Å². The van der Waals surface area contributed by atoms with Gasteiger partial charge in [0.15, 0.2) is 18.0 Å². The van der Waals surface area contributed by atoms with Crippen LogP contribution in [0.3, 0.4) is 0 Å². The topological polar surface area (TPSA) is 200 Å². The number of carbonyl (C=O) groups excluding carboxylic acids is 4. The second-order valence-corrected chi connectivity index (χ2v) is 9.36. The minimum atomic E-state index is -2.73. The Bertz CT molecular complexity index is 1350. The molecule has 12 heteroatoms. The smallest absolute Gasteiger partial charge is 0.412 e. The van der Waals surface area contributed by atoms with Gasteiger partial charge in [0.25, 0.3) is 5.91 Å². The Morgan fingerprint density at radius 2 is 1.95 bits per heavy atom. The molecule has 2 amide bonds. The lowest BCUT2D eigenvalue weighted by Crippen LogP contribution is -2.65. The SMILES string of the molecule is C#CCOC(=O)Nc1ccc2c(c1O)C(O)=C1C(=O)[C@@]3(O)C(O)=C(C(N)=O)C(=O)[C@H](N(C)C)[C@H]3C[C@H]1C2. The number of ketones is 2. The number of aliphatic hydroxyl groups excluding tert-OH is 2. The van der Waals surface area contributed by atoms with E-state index in [2.05, 4.69) is 11.2 Å². The third-order valence-corrected chi connectivity index (χ3v) is 7.12. The second kappa shape index (κ2) is 8.95. The van der Waals surface area contributed by atoms with E-state index in [4.69, 9.17) is 16.9 Å². The highest BCUT2D eigenvalue weighted by Crippen LogP contribution is 2.53. The molecule has 1 fully saturated rings. The molecule has 4 rings (SSSR count). The van der Waals surface area contributed by atoms with Gasteiger partial charge in [-0.2, -0.15) is 0 Å². The van der Waals surface area contributed by atoms with E-state index in [-0.39, 0.29) is 36.3 Å². The summed E-state index contributed by atoms with van der Waals surface area (Å²) >= 11 is 0. The van der Waals surface area contributed by atoms with Crippen molar-refractivity contribution < 1.29 is 44.3 Å². The van der Waals surface area contributed by atoms with Crippen molar-refractivity contribution in [2.24, 2.45) is 17.6 Å². The zero-order chi connectivity index (χ0) is 27.4. The fourth-order valence-electron chi connectivity index (χ4n) is 5.57. The van der Waals surface area contributed by atoms with Crippen LogP contribution in [-0.2, 0) is 25.5 Å². The first-order chi connectivity index (χ1) is 17.4. The van der Waals surface area contributed by atoms with Crippen molar-refractivity contribution in [1.82, 2.24) is 4.90 Å². The van der Waals surface area contributed by atoms with E-state index in [0.29, 0.717) is 5.56 Å². The number of carbonyl (C=O) groups is 4. The summed E-state index contributed by atoms with van der Waals surface area (Å²) in [6.07, 6.45) is 4.19. The Kier molecular flexibility index (Phi) is 6.23. The van der Waals surface area contributed by atoms with Crippen LogP contribution in [0.5, 0.6) is 5.75 Å². The molecular weight excluding hydrogens is 486 g/mol. The number of terminal acetylenes is 1. The first-order valence-electron chi connectivity index (χ1n) is 11.2. The first kappa shape index (κ1) is 25.7. The van der Waals surface area contributed by atoms with Gasteiger partial charge in [-0.1, -0.05) is 12.0 Å². The second-order valence-electron chi connectivity index (χ2n) is 9.36.